The van der Waals surface area contributed by atoms with E-state index in [1.165, 1.54) is 0 Å². The average Bonchev–Trinajstić information content (AvgIpc) is 1.79. The van der Waals surface area contributed by atoms with Crippen molar-refractivity contribution >= 4 is 5.97 Å². The van der Waals surface area contributed by atoms with Crippen LogP contribution >= 0.6 is 0 Å². The molecule has 0 aromatic carbocycles. The quantitative estimate of drug-likeness (QED) is 0.644. The fraction of sp³-hybridized carbons (Fsp3) is 0.875. The Bertz CT molecular complexity index is 171. The molecule has 0 saturated carbocycles. The third-order valence-corrected chi connectivity index (χ3v) is 2.35. The molecule has 1 heterocycles. The van der Waals surface area contributed by atoms with Gasteiger partial charge in [0.05, 0.1) is 5.41 Å². The largest absolute Gasteiger partial charge is 0.481 e. The second-order valence-corrected chi connectivity index (χ2v) is 3.86. The third kappa shape index (κ3) is 1.38. The molecular weight excluding hydrogens is 142 g/mol. The fourth-order valence-electron chi connectivity index (χ4n) is 1.35. The lowest BCUT2D eigenvalue weighted by Gasteiger charge is -2.47. The molecule has 1 rings (SSSR count). The Morgan fingerprint density at radius 3 is 2.27 bits per heavy atom. The maximum Gasteiger partial charge on any atom is 0.311 e. The van der Waals surface area contributed by atoms with E-state index >= 15 is 0 Å². The number of carbonyl (C=O) groups is 1. The van der Waals surface area contributed by atoms with Gasteiger partial charge in [-0.3, -0.25) is 9.69 Å². The molecule has 3 heteroatoms. The SMILES string of the molecule is CC(C)N1CC(C)(C(=O)O)C1. The Kier molecular flexibility index (Phi) is 1.92. The van der Waals surface area contributed by atoms with Gasteiger partial charge < -0.3 is 5.11 Å². The van der Waals surface area contributed by atoms with Crippen molar-refractivity contribution in [2.45, 2.75) is 26.8 Å². The molecule has 0 bridgehead atoms. The van der Waals surface area contributed by atoms with E-state index in [0.717, 1.165) is 0 Å². The van der Waals surface area contributed by atoms with E-state index in [0.29, 0.717) is 19.1 Å². The van der Waals surface area contributed by atoms with Crippen molar-refractivity contribution in [1.29, 1.82) is 0 Å². The first-order chi connectivity index (χ1) is 4.96. The van der Waals surface area contributed by atoms with E-state index in [1.54, 1.807) is 6.92 Å². The van der Waals surface area contributed by atoms with Crippen LogP contribution in [-0.4, -0.2) is 35.1 Å². The van der Waals surface area contributed by atoms with Gasteiger partial charge >= 0.3 is 5.97 Å². The molecular formula is C8H15NO2. The summed E-state index contributed by atoms with van der Waals surface area (Å²) in [5.74, 6) is -0.672. The molecule has 0 aromatic heterocycles. The molecule has 0 aromatic rings. The second-order valence-electron chi connectivity index (χ2n) is 3.86. The Balaban J connectivity index is 2.44. The average molecular weight is 157 g/mol. The highest BCUT2D eigenvalue weighted by Gasteiger charge is 2.45. The molecule has 64 valence electrons. The van der Waals surface area contributed by atoms with Crippen LogP contribution in [0.3, 0.4) is 0 Å². The smallest absolute Gasteiger partial charge is 0.311 e. The van der Waals surface area contributed by atoms with Crippen LogP contribution in [0.2, 0.25) is 0 Å². The van der Waals surface area contributed by atoms with Gasteiger partial charge in [0.2, 0.25) is 0 Å². The van der Waals surface area contributed by atoms with Crippen molar-refractivity contribution in [3.63, 3.8) is 0 Å². The molecule has 1 N–H and O–H groups in total. The van der Waals surface area contributed by atoms with Crippen LogP contribution in [0.4, 0.5) is 0 Å². The summed E-state index contributed by atoms with van der Waals surface area (Å²) in [7, 11) is 0. The van der Waals surface area contributed by atoms with Gasteiger partial charge in [0.25, 0.3) is 0 Å². The molecule has 0 aliphatic carbocycles. The zero-order valence-electron chi connectivity index (χ0n) is 7.29. The maximum absolute atomic E-state index is 10.6. The first-order valence-corrected chi connectivity index (χ1v) is 3.93. The van der Waals surface area contributed by atoms with Crippen molar-refractivity contribution in [2.75, 3.05) is 13.1 Å². The normalized spacial score (nSPS) is 23.3. The summed E-state index contributed by atoms with van der Waals surface area (Å²) < 4.78 is 0. The van der Waals surface area contributed by atoms with Crippen molar-refractivity contribution < 1.29 is 9.90 Å². The first kappa shape index (κ1) is 8.53. The molecule has 3 nitrogen and oxygen atoms in total. The van der Waals surface area contributed by atoms with E-state index in [2.05, 4.69) is 18.7 Å². The number of likely N-dealkylation sites (tertiary alicyclic amines) is 1. The molecule has 0 spiro atoms. The van der Waals surface area contributed by atoms with Crippen LogP contribution in [-0.2, 0) is 4.79 Å². The molecule has 11 heavy (non-hydrogen) atoms. The number of hydrogen-bond donors (Lipinski definition) is 1. The van der Waals surface area contributed by atoms with E-state index in [-0.39, 0.29) is 0 Å². The first-order valence-electron chi connectivity index (χ1n) is 3.93. The van der Waals surface area contributed by atoms with E-state index in [1.807, 2.05) is 0 Å². The lowest BCUT2D eigenvalue weighted by molar-refractivity contribution is -0.159. The summed E-state index contributed by atoms with van der Waals surface area (Å²) >= 11 is 0. The number of rotatable bonds is 2. The van der Waals surface area contributed by atoms with Crippen molar-refractivity contribution in [1.82, 2.24) is 4.90 Å². The fourth-order valence-corrected chi connectivity index (χ4v) is 1.35. The topological polar surface area (TPSA) is 40.5 Å². The predicted octanol–water partition coefficient (Wildman–Crippen LogP) is 0.801. The van der Waals surface area contributed by atoms with Crippen LogP contribution < -0.4 is 0 Å². The van der Waals surface area contributed by atoms with Crippen LogP contribution in [0.1, 0.15) is 20.8 Å². The monoisotopic (exact) mass is 157 g/mol. The molecule has 0 radical (unpaired) electrons. The predicted molar refractivity (Wildman–Crippen MR) is 42.5 cm³/mol. The summed E-state index contributed by atoms with van der Waals surface area (Å²) in [5, 5.41) is 8.77. The summed E-state index contributed by atoms with van der Waals surface area (Å²) in [6, 6.07) is 0.474. The van der Waals surface area contributed by atoms with Crippen LogP contribution in [0.25, 0.3) is 0 Å². The van der Waals surface area contributed by atoms with E-state index in [9.17, 15) is 4.79 Å². The lowest BCUT2D eigenvalue weighted by atomic mass is 9.81. The second kappa shape index (κ2) is 2.48. The molecule has 0 atom stereocenters. The van der Waals surface area contributed by atoms with Crippen LogP contribution in [0.15, 0.2) is 0 Å². The zero-order chi connectivity index (χ0) is 8.65. The summed E-state index contributed by atoms with van der Waals surface area (Å²) in [4.78, 5) is 12.8. The van der Waals surface area contributed by atoms with Gasteiger partial charge in [-0.25, -0.2) is 0 Å². The molecule has 0 amide bonds. The molecule has 0 unspecified atom stereocenters. The van der Waals surface area contributed by atoms with Gasteiger partial charge in [-0.05, 0) is 20.8 Å². The molecule has 1 fully saturated rings. The highest BCUT2D eigenvalue weighted by molar-refractivity contribution is 5.76. The number of carboxylic acids is 1. The maximum atomic E-state index is 10.6. The van der Waals surface area contributed by atoms with Crippen molar-refractivity contribution in [3.05, 3.63) is 0 Å². The Hall–Kier alpha value is -0.570. The van der Waals surface area contributed by atoms with Crippen molar-refractivity contribution in [2.24, 2.45) is 5.41 Å². The Labute approximate surface area is 67.0 Å². The minimum absolute atomic E-state index is 0.474. The van der Waals surface area contributed by atoms with Gasteiger partial charge in [-0.1, -0.05) is 0 Å². The van der Waals surface area contributed by atoms with Gasteiger partial charge in [0.15, 0.2) is 0 Å². The minimum atomic E-state index is -0.672. The lowest BCUT2D eigenvalue weighted by Crippen LogP contribution is -2.60. The molecule has 1 aliphatic heterocycles. The Morgan fingerprint density at radius 1 is 1.55 bits per heavy atom. The van der Waals surface area contributed by atoms with Gasteiger partial charge in [-0.15, -0.1) is 0 Å². The highest BCUT2D eigenvalue weighted by atomic mass is 16.4. The van der Waals surface area contributed by atoms with Gasteiger partial charge in [0, 0.05) is 19.1 Å². The van der Waals surface area contributed by atoms with Gasteiger partial charge in [0.1, 0.15) is 0 Å². The minimum Gasteiger partial charge on any atom is -0.481 e. The molecule has 1 aliphatic rings. The third-order valence-electron chi connectivity index (χ3n) is 2.35. The van der Waals surface area contributed by atoms with E-state index < -0.39 is 11.4 Å². The molecule has 1 saturated heterocycles. The number of carboxylic acid groups (broad SMARTS) is 1. The highest BCUT2D eigenvalue weighted by Crippen LogP contribution is 2.31. The van der Waals surface area contributed by atoms with Crippen LogP contribution in [0.5, 0.6) is 0 Å². The number of nitrogens with zero attached hydrogens (tertiary/aromatic N) is 1. The van der Waals surface area contributed by atoms with Gasteiger partial charge in [-0.2, -0.15) is 0 Å². The summed E-state index contributed by atoms with van der Waals surface area (Å²) in [6.07, 6.45) is 0. The number of aliphatic carboxylic acids is 1. The Morgan fingerprint density at radius 2 is 2.00 bits per heavy atom. The summed E-state index contributed by atoms with van der Waals surface area (Å²) in [6.45, 7) is 7.36. The van der Waals surface area contributed by atoms with Crippen LogP contribution in [0, 0.1) is 5.41 Å². The summed E-state index contributed by atoms with van der Waals surface area (Å²) in [5.41, 5.74) is -0.482. The van der Waals surface area contributed by atoms with E-state index in [4.69, 9.17) is 5.11 Å². The number of hydrogen-bond acceptors (Lipinski definition) is 2. The standard InChI is InChI=1S/C8H15NO2/c1-6(2)9-4-8(3,5-9)7(10)11/h6H,4-5H2,1-3H3,(H,10,11). The van der Waals surface area contributed by atoms with Crippen molar-refractivity contribution in [3.8, 4) is 0 Å². The zero-order valence-corrected chi connectivity index (χ0v) is 7.29.